The topological polar surface area (TPSA) is 77.5 Å². The van der Waals surface area contributed by atoms with Crippen molar-refractivity contribution in [2.45, 2.75) is 18.4 Å². The fourth-order valence-electron chi connectivity index (χ4n) is 2.75. The standard InChI is InChI=1S/C20H22N2O4S/c1-15-13-18(8-9-19(15)26-12-11-25-2)27(23,24)22-14-17-6-3-5-16-7-4-10-21-20(16)17/h3-10,13,22H,11-12,14H2,1-2H3. The van der Waals surface area contributed by atoms with Crippen molar-refractivity contribution in [1.29, 1.82) is 0 Å². The maximum absolute atomic E-state index is 12.7. The van der Waals surface area contributed by atoms with Gasteiger partial charge in [-0.1, -0.05) is 24.3 Å². The van der Waals surface area contributed by atoms with Gasteiger partial charge < -0.3 is 9.47 Å². The summed E-state index contributed by atoms with van der Waals surface area (Å²) >= 11 is 0. The van der Waals surface area contributed by atoms with Crippen LogP contribution < -0.4 is 9.46 Å². The highest BCUT2D eigenvalue weighted by molar-refractivity contribution is 7.89. The summed E-state index contributed by atoms with van der Waals surface area (Å²) in [6.45, 7) is 2.87. The van der Waals surface area contributed by atoms with Gasteiger partial charge in [-0.05, 0) is 42.3 Å². The van der Waals surface area contributed by atoms with Crippen LogP contribution in [0.25, 0.3) is 10.9 Å². The number of para-hydroxylation sites is 1. The number of aryl methyl sites for hydroxylation is 1. The number of methoxy groups -OCH3 is 1. The van der Waals surface area contributed by atoms with E-state index in [1.807, 2.05) is 37.3 Å². The molecule has 0 spiro atoms. The van der Waals surface area contributed by atoms with Crippen molar-refractivity contribution in [1.82, 2.24) is 9.71 Å². The lowest BCUT2D eigenvalue weighted by atomic mass is 10.1. The highest BCUT2D eigenvalue weighted by Gasteiger charge is 2.16. The van der Waals surface area contributed by atoms with Gasteiger partial charge in [0.1, 0.15) is 12.4 Å². The molecule has 3 aromatic rings. The largest absolute Gasteiger partial charge is 0.491 e. The van der Waals surface area contributed by atoms with Gasteiger partial charge in [0.2, 0.25) is 10.0 Å². The average molecular weight is 386 g/mol. The van der Waals surface area contributed by atoms with Crippen molar-refractivity contribution in [2.75, 3.05) is 20.3 Å². The van der Waals surface area contributed by atoms with Gasteiger partial charge in [0.15, 0.2) is 0 Å². The molecule has 6 nitrogen and oxygen atoms in total. The third-order valence-electron chi connectivity index (χ3n) is 4.17. The minimum absolute atomic E-state index is 0.168. The maximum Gasteiger partial charge on any atom is 0.240 e. The number of hydrogen-bond donors (Lipinski definition) is 1. The summed E-state index contributed by atoms with van der Waals surface area (Å²) in [5, 5.41) is 0.975. The number of ether oxygens (including phenoxy) is 2. The summed E-state index contributed by atoms with van der Waals surface area (Å²) in [6, 6.07) is 14.3. The average Bonchev–Trinajstić information content (AvgIpc) is 2.67. The van der Waals surface area contributed by atoms with E-state index in [2.05, 4.69) is 9.71 Å². The fourth-order valence-corrected chi connectivity index (χ4v) is 3.84. The number of hydrogen-bond acceptors (Lipinski definition) is 5. The van der Waals surface area contributed by atoms with E-state index in [9.17, 15) is 8.42 Å². The van der Waals surface area contributed by atoms with Crippen molar-refractivity contribution in [2.24, 2.45) is 0 Å². The zero-order valence-electron chi connectivity index (χ0n) is 15.3. The lowest BCUT2D eigenvalue weighted by molar-refractivity contribution is 0.146. The van der Waals surface area contributed by atoms with Crippen LogP contribution in [0.3, 0.4) is 0 Å². The monoisotopic (exact) mass is 386 g/mol. The van der Waals surface area contributed by atoms with Crippen LogP contribution in [0.2, 0.25) is 0 Å². The molecule has 1 heterocycles. The van der Waals surface area contributed by atoms with Gasteiger partial charge in [0, 0.05) is 25.2 Å². The van der Waals surface area contributed by atoms with Crippen molar-refractivity contribution >= 4 is 20.9 Å². The predicted molar refractivity (Wildman–Crippen MR) is 104 cm³/mol. The molecule has 0 amide bonds. The highest BCUT2D eigenvalue weighted by atomic mass is 32.2. The first-order valence-corrected chi connectivity index (χ1v) is 10.0. The number of nitrogens with one attached hydrogen (secondary N) is 1. The number of fused-ring (bicyclic) bond motifs is 1. The van der Waals surface area contributed by atoms with Crippen molar-refractivity contribution in [3.05, 3.63) is 65.9 Å². The van der Waals surface area contributed by atoms with E-state index in [1.54, 1.807) is 31.5 Å². The molecule has 1 N–H and O–H groups in total. The van der Waals surface area contributed by atoms with E-state index in [1.165, 1.54) is 0 Å². The van der Waals surface area contributed by atoms with Gasteiger partial charge in [-0.2, -0.15) is 0 Å². The summed E-state index contributed by atoms with van der Waals surface area (Å²) in [6.07, 6.45) is 1.70. The third kappa shape index (κ3) is 4.63. The lowest BCUT2D eigenvalue weighted by Gasteiger charge is -2.12. The molecule has 1 aromatic heterocycles. The Balaban J connectivity index is 1.75. The molecule has 0 atom stereocenters. The van der Waals surface area contributed by atoms with Crippen molar-refractivity contribution in [3.8, 4) is 5.75 Å². The fraction of sp³-hybridized carbons (Fsp3) is 0.250. The van der Waals surface area contributed by atoms with E-state index in [0.29, 0.717) is 19.0 Å². The molecule has 0 saturated heterocycles. The second-order valence-corrected chi connectivity index (χ2v) is 7.85. The molecule has 0 aliphatic rings. The van der Waals surface area contributed by atoms with Gasteiger partial charge >= 0.3 is 0 Å². The van der Waals surface area contributed by atoms with E-state index >= 15 is 0 Å². The Morgan fingerprint density at radius 1 is 1.07 bits per heavy atom. The molecule has 0 saturated carbocycles. The van der Waals surface area contributed by atoms with Crippen LogP contribution in [0, 0.1) is 6.92 Å². The molecule has 3 rings (SSSR count). The first-order valence-electron chi connectivity index (χ1n) is 8.56. The Labute approximate surface area is 159 Å². The van der Waals surface area contributed by atoms with Gasteiger partial charge in [0.25, 0.3) is 0 Å². The molecule has 2 aromatic carbocycles. The molecule has 0 radical (unpaired) electrons. The summed E-state index contributed by atoms with van der Waals surface area (Å²) in [7, 11) is -2.05. The third-order valence-corrected chi connectivity index (χ3v) is 5.57. The Hall–Kier alpha value is -2.48. The van der Waals surface area contributed by atoms with Gasteiger partial charge in [-0.15, -0.1) is 0 Å². The zero-order chi connectivity index (χ0) is 19.3. The molecule has 27 heavy (non-hydrogen) atoms. The molecule has 0 fully saturated rings. The second-order valence-electron chi connectivity index (χ2n) is 6.09. The summed E-state index contributed by atoms with van der Waals surface area (Å²) in [5.74, 6) is 0.643. The Bertz CT molecular complexity index is 1030. The number of nitrogens with zero attached hydrogens (tertiary/aromatic N) is 1. The first-order chi connectivity index (χ1) is 13.0. The molecule has 0 bridgehead atoms. The molecular weight excluding hydrogens is 364 g/mol. The van der Waals surface area contributed by atoms with Crippen LogP contribution in [0.4, 0.5) is 0 Å². The van der Waals surface area contributed by atoms with Crippen LogP contribution in [0.1, 0.15) is 11.1 Å². The first kappa shape index (κ1) is 19.3. The van der Waals surface area contributed by atoms with Gasteiger partial charge in [-0.25, -0.2) is 13.1 Å². The smallest absolute Gasteiger partial charge is 0.240 e. The van der Waals surface area contributed by atoms with Crippen LogP contribution >= 0.6 is 0 Å². The van der Waals surface area contributed by atoms with E-state index in [4.69, 9.17) is 9.47 Å². The number of sulfonamides is 1. The second kappa shape index (κ2) is 8.47. The SMILES string of the molecule is COCCOc1ccc(S(=O)(=O)NCc2cccc3cccnc23)cc1C. The van der Waals surface area contributed by atoms with Gasteiger partial charge in [0.05, 0.1) is 17.0 Å². The predicted octanol–water partition coefficient (Wildman–Crippen LogP) is 3.05. The molecule has 0 unspecified atom stereocenters. The van der Waals surface area contributed by atoms with Crippen LogP contribution in [0.15, 0.2) is 59.6 Å². The molecule has 0 aliphatic carbocycles. The number of rotatable bonds is 8. The minimum Gasteiger partial charge on any atom is -0.491 e. The summed E-state index contributed by atoms with van der Waals surface area (Å²) < 4.78 is 38.5. The van der Waals surface area contributed by atoms with Gasteiger partial charge in [-0.3, -0.25) is 4.98 Å². The van der Waals surface area contributed by atoms with E-state index < -0.39 is 10.0 Å². The summed E-state index contributed by atoms with van der Waals surface area (Å²) in [4.78, 5) is 4.56. The lowest BCUT2D eigenvalue weighted by Crippen LogP contribution is -2.23. The molecule has 7 heteroatoms. The van der Waals surface area contributed by atoms with E-state index in [0.717, 1.165) is 22.0 Å². The Morgan fingerprint density at radius 3 is 2.67 bits per heavy atom. The highest BCUT2D eigenvalue weighted by Crippen LogP contribution is 2.22. The maximum atomic E-state index is 12.7. The van der Waals surface area contributed by atoms with Crippen molar-refractivity contribution < 1.29 is 17.9 Å². The molecule has 0 aliphatic heterocycles. The van der Waals surface area contributed by atoms with Crippen LogP contribution in [-0.4, -0.2) is 33.7 Å². The normalized spacial score (nSPS) is 11.6. The number of pyridine rings is 1. The number of aromatic nitrogens is 1. The van der Waals surface area contributed by atoms with Crippen molar-refractivity contribution in [3.63, 3.8) is 0 Å². The Morgan fingerprint density at radius 2 is 1.89 bits per heavy atom. The number of benzene rings is 2. The van der Waals surface area contributed by atoms with Crippen LogP contribution in [-0.2, 0) is 21.3 Å². The minimum atomic E-state index is -3.65. The quantitative estimate of drug-likeness (QED) is 0.602. The van der Waals surface area contributed by atoms with E-state index in [-0.39, 0.29) is 11.4 Å². The molecular formula is C20H22N2O4S. The zero-order valence-corrected chi connectivity index (χ0v) is 16.1. The molecule has 142 valence electrons. The summed E-state index contributed by atoms with van der Waals surface area (Å²) in [5.41, 5.74) is 2.37. The van der Waals surface area contributed by atoms with Crippen LogP contribution in [0.5, 0.6) is 5.75 Å². The Kier molecular flexibility index (Phi) is 6.05.